The Morgan fingerprint density at radius 2 is 1.88 bits per heavy atom. The molecule has 1 aromatic carbocycles. The molecule has 1 saturated carbocycles. The second-order valence-electron chi connectivity index (χ2n) is 12.0. The molecule has 4 aromatic rings. The molecular formula is C32H38N8O2. The summed E-state index contributed by atoms with van der Waals surface area (Å²) in [5.74, 6) is 0.768. The van der Waals surface area contributed by atoms with Crippen molar-refractivity contribution < 1.29 is 6.48 Å². The number of pyridine rings is 1. The molecule has 2 N–H and O–H groups in total. The Morgan fingerprint density at radius 1 is 1.12 bits per heavy atom. The molecule has 1 saturated heterocycles. The maximum atomic E-state index is 13.4. The number of nitrogens with zero attached hydrogens (tertiary/aromatic N) is 7. The molecule has 218 valence electrons. The maximum absolute atomic E-state index is 13.4. The average molecular weight is 568 g/mol. The van der Waals surface area contributed by atoms with E-state index in [1.54, 1.807) is 10.8 Å². The van der Waals surface area contributed by atoms with Crippen LogP contribution in [0.5, 0.6) is 0 Å². The largest absolute Gasteiger partial charge is 0.386 e. The quantitative estimate of drug-likeness (QED) is 0.321. The number of fused-ring (bicyclic) bond motifs is 2. The summed E-state index contributed by atoms with van der Waals surface area (Å²) in [4.78, 5) is 32.3. The zero-order chi connectivity index (χ0) is 29.9. The molecule has 3 aliphatic rings. The Kier molecular flexibility index (Phi) is 6.33. The lowest BCUT2D eigenvalue weighted by Crippen LogP contribution is -2.48. The number of allylic oxidation sites excluding steroid dienone is 1. The molecule has 3 aromatic heterocycles. The van der Waals surface area contributed by atoms with Crippen LogP contribution in [0.15, 0.2) is 60.0 Å². The highest BCUT2D eigenvalue weighted by Gasteiger charge is 2.52. The molecular weight excluding hydrogens is 528 g/mol. The SMILES string of the molecule is [2H][C@@]1(O)c2nc(-n3c4nc(Nc5ccc(N6CCN(C(C)C)CC6)cc5)ncc4c(=O)n3CC=C)ccc2CCC12CC2. The molecule has 1 aliphatic heterocycles. The van der Waals surface area contributed by atoms with E-state index in [0.29, 0.717) is 34.5 Å². The number of anilines is 3. The third kappa shape index (κ3) is 4.59. The summed E-state index contributed by atoms with van der Waals surface area (Å²) >= 11 is 0. The first kappa shape index (κ1) is 25.7. The smallest absolute Gasteiger partial charge is 0.278 e. The molecule has 10 heteroatoms. The van der Waals surface area contributed by atoms with E-state index in [1.807, 2.05) is 24.3 Å². The van der Waals surface area contributed by atoms with E-state index < -0.39 is 11.5 Å². The number of aryl methyl sites for hydroxylation is 1. The molecule has 7 rings (SSSR count). The van der Waals surface area contributed by atoms with E-state index >= 15 is 0 Å². The summed E-state index contributed by atoms with van der Waals surface area (Å²) in [7, 11) is 0. The molecule has 1 spiro atoms. The molecule has 0 unspecified atom stereocenters. The van der Waals surface area contributed by atoms with E-state index in [1.165, 1.54) is 16.6 Å². The molecule has 1 atom stereocenters. The highest BCUT2D eigenvalue weighted by atomic mass is 16.3. The molecule has 4 heterocycles. The standard InChI is InChI=1S/C32H38N8O2/c1-4-15-39-30(42)25-20-33-31(34-23-6-8-24(9-7-23)38-18-16-37(17-19-38)21(2)3)36-29(25)40(39)26-10-5-22-11-12-32(13-14-32)28(41)27(22)35-26/h4-10,20-21,28,41H,1,11-19H2,2-3H3,(H,33,34,36)/t28-/m1/s1/i28D. The lowest BCUT2D eigenvalue weighted by atomic mass is 9.82. The number of rotatable bonds is 7. The summed E-state index contributed by atoms with van der Waals surface area (Å²) in [6.45, 7) is 12.7. The summed E-state index contributed by atoms with van der Waals surface area (Å²) in [6, 6.07) is 12.5. The number of hydrogen-bond donors (Lipinski definition) is 2. The minimum atomic E-state index is -1.76. The van der Waals surface area contributed by atoms with Gasteiger partial charge >= 0.3 is 0 Å². The van der Waals surface area contributed by atoms with Crippen molar-refractivity contribution in [2.45, 2.75) is 58.2 Å². The van der Waals surface area contributed by atoms with Gasteiger partial charge in [0.05, 0.1) is 13.6 Å². The number of piperazine rings is 1. The van der Waals surface area contributed by atoms with E-state index in [4.69, 9.17) is 11.3 Å². The van der Waals surface area contributed by atoms with Gasteiger partial charge in [0, 0.05) is 55.2 Å². The van der Waals surface area contributed by atoms with Gasteiger partial charge in [-0.05, 0) is 75.4 Å². The van der Waals surface area contributed by atoms with Crippen LogP contribution in [0.2, 0.25) is 0 Å². The van der Waals surface area contributed by atoms with Gasteiger partial charge in [-0.3, -0.25) is 9.69 Å². The van der Waals surface area contributed by atoms with Gasteiger partial charge in [-0.2, -0.15) is 4.98 Å². The van der Waals surface area contributed by atoms with E-state index in [2.05, 4.69) is 52.7 Å². The van der Waals surface area contributed by atoms with Crippen molar-refractivity contribution in [3.63, 3.8) is 0 Å². The molecule has 2 fully saturated rings. The monoisotopic (exact) mass is 567 g/mol. The van der Waals surface area contributed by atoms with E-state index in [-0.39, 0.29) is 12.1 Å². The van der Waals surface area contributed by atoms with Gasteiger partial charge in [0.2, 0.25) is 5.95 Å². The lowest BCUT2D eigenvalue weighted by molar-refractivity contribution is 0.0734. The minimum absolute atomic E-state index is 0.235. The van der Waals surface area contributed by atoms with Crippen molar-refractivity contribution in [3.05, 3.63) is 76.9 Å². The Balaban J connectivity index is 1.21. The predicted octanol–water partition coefficient (Wildman–Crippen LogP) is 4.20. The van der Waals surface area contributed by atoms with Gasteiger partial charge < -0.3 is 15.3 Å². The van der Waals surface area contributed by atoms with Crippen molar-refractivity contribution >= 4 is 28.4 Å². The number of aromatic nitrogens is 5. The molecule has 0 amide bonds. The van der Waals surface area contributed by atoms with E-state index in [0.717, 1.165) is 63.1 Å². The normalized spacial score (nSPS) is 21.9. The third-order valence-corrected chi connectivity index (χ3v) is 9.14. The van der Waals surface area contributed by atoms with Crippen LogP contribution >= 0.6 is 0 Å². The van der Waals surface area contributed by atoms with Gasteiger partial charge in [-0.1, -0.05) is 12.1 Å². The van der Waals surface area contributed by atoms with Gasteiger partial charge in [0.25, 0.3) is 5.56 Å². The lowest BCUT2D eigenvalue weighted by Gasteiger charge is -2.38. The first-order valence-corrected chi connectivity index (χ1v) is 14.9. The highest BCUT2D eigenvalue weighted by molar-refractivity contribution is 5.77. The predicted molar refractivity (Wildman–Crippen MR) is 165 cm³/mol. The van der Waals surface area contributed by atoms with Crippen LogP contribution in [-0.4, -0.2) is 66.5 Å². The van der Waals surface area contributed by atoms with Gasteiger partial charge in [0.1, 0.15) is 11.5 Å². The van der Waals surface area contributed by atoms with Crippen LogP contribution in [0, 0.1) is 5.41 Å². The van der Waals surface area contributed by atoms with Crippen LogP contribution in [0.3, 0.4) is 0 Å². The van der Waals surface area contributed by atoms with Gasteiger partial charge in [0.15, 0.2) is 11.5 Å². The van der Waals surface area contributed by atoms with Crippen LogP contribution in [0.25, 0.3) is 16.9 Å². The summed E-state index contributed by atoms with van der Waals surface area (Å²) in [5.41, 5.74) is 2.96. The van der Waals surface area contributed by atoms with Crippen molar-refractivity contribution in [1.82, 2.24) is 29.2 Å². The van der Waals surface area contributed by atoms with Crippen molar-refractivity contribution in [1.29, 1.82) is 0 Å². The van der Waals surface area contributed by atoms with Gasteiger partial charge in [-0.15, -0.1) is 6.58 Å². The highest BCUT2D eigenvalue weighted by Crippen LogP contribution is 2.60. The summed E-state index contributed by atoms with van der Waals surface area (Å²) < 4.78 is 12.0. The average Bonchev–Trinajstić information content (AvgIpc) is 3.76. The Labute approximate surface area is 246 Å². The molecule has 0 bridgehead atoms. The second-order valence-corrected chi connectivity index (χ2v) is 12.0. The fourth-order valence-electron chi connectivity index (χ4n) is 6.37. The first-order valence-electron chi connectivity index (χ1n) is 15.4. The Morgan fingerprint density at radius 3 is 2.57 bits per heavy atom. The fraction of sp³-hybridized carbons (Fsp3) is 0.438. The number of aliphatic hydroxyl groups is 1. The first-order chi connectivity index (χ1) is 20.7. The Hall–Kier alpha value is -4.02. The van der Waals surface area contributed by atoms with Crippen molar-refractivity contribution in [3.8, 4) is 5.82 Å². The number of benzene rings is 1. The summed E-state index contributed by atoms with van der Waals surface area (Å²) in [5, 5.41) is 14.9. The number of nitrogens with one attached hydrogen (secondary N) is 1. The third-order valence-electron chi connectivity index (χ3n) is 9.14. The van der Waals surface area contributed by atoms with Crippen LogP contribution in [0.1, 0.15) is 51.8 Å². The van der Waals surface area contributed by atoms with E-state index in [9.17, 15) is 9.90 Å². The topological polar surface area (TPSA) is 104 Å². The van der Waals surface area contributed by atoms with Crippen molar-refractivity contribution in [2.24, 2.45) is 5.41 Å². The van der Waals surface area contributed by atoms with Crippen LogP contribution < -0.4 is 15.8 Å². The number of hydrogen-bond acceptors (Lipinski definition) is 8. The summed E-state index contributed by atoms with van der Waals surface area (Å²) in [6.07, 6.45) is 4.62. The minimum Gasteiger partial charge on any atom is -0.386 e. The molecule has 0 radical (unpaired) electrons. The zero-order valence-corrected chi connectivity index (χ0v) is 24.3. The fourth-order valence-corrected chi connectivity index (χ4v) is 6.37. The molecule has 2 aliphatic carbocycles. The zero-order valence-electron chi connectivity index (χ0n) is 25.3. The molecule has 42 heavy (non-hydrogen) atoms. The maximum Gasteiger partial charge on any atom is 0.278 e. The van der Waals surface area contributed by atoms with Crippen molar-refractivity contribution in [2.75, 3.05) is 36.4 Å². The van der Waals surface area contributed by atoms with Gasteiger partial charge in [-0.25, -0.2) is 19.3 Å². The van der Waals surface area contributed by atoms with Crippen LogP contribution in [0.4, 0.5) is 17.3 Å². The second kappa shape index (κ2) is 10.4. The Bertz CT molecular complexity index is 1750. The van der Waals surface area contributed by atoms with Crippen LogP contribution in [-0.2, 0) is 13.0 Å². The molecule has 10 nitrogen and oxygen atoms in total.